The first-order valence-corrected chi connectivity index (χ1v) is 6.34. The van der Waals surface area contributed by atoms with E-state index in [-0.39, 0.29) is 29.3 Å². The highest BCUT2D eigenvalue weighted by Gasteiger charge is 2.32. The van der Waals surface area contributed by atoms with Crippen LogP contribution >= 0.6 is 11.6 Å². The van der Waals surface area contributed by atoms with Gasteiger partial charge < -0.3 is 4.90 Å². The van der Waals surface area contributed by atoms with Crippen LogP contribution in [0.4, 0.5) is 0 Å². The normalized spacial score (nSPS) is 25.8. The minimum Gasteiger partial charge on any atom is -0.341 e. The Morgan fingerprint density at radius 3 is 2.62 bits per heavy atom. The van der Waals surface area contributed by atoms with Crippen LogP contribution in [0.3, 0.4) is 0 Å². The van der Waals surface area contributed by atoms with E-state index in [1.165, 1.54) is 4.90 Å². The number of amides is 1. The number of halogens is 1. The van der Waals surface area contributed by atoms with Gasteiger partial charge in [0.05, 0.1) is 11.5 Å². The van der Waals surface area contributed by atoms with Gasteiger partial charge in [-0.3, -0.25) is 4.79 Å². The summed E-state index contributed by atoms with van der Waals surface area (Å²) in [5.41, 5.74) is 0. The number of rotatable bonds is 2. The molecule has 76 valence electrons. The van der Waals surface area contributed by atoms with Gasteiger partial charge >= 0.3 is 0 Å². The molecule has 1 saturated heterocycles. The molecule has 0 aromatic rings. The molecule has 0 spiro atoms. The number of alkyl halides is 1. The largest absolute Gasteiger partial charge is 0.341 e. The van der Waals surface area contributed by atoms with Gasteiger partial charge in [-0.05, 0) is 6.42 Å². The molecule has 1 aliphatic rings. The molecular weight excluding hydrogens is 214 g/mol. The van der Waals surface area contributed by atoms with Gasteiger partial charge in [0.25, 0.3) is 0 Å². The number of carbonyl (C=O) groups is 1. The van der Waals surface area contributed by atoms with Gasteiger partial charge in [-0.15, -0.1) is 11.6 Å². The van der Waals surface area contributed by atoms with Crippen molar-refractivity contribution in [1.82, 2.24) is 4.90 Å². The molecule has 4 nitrogen and oxygen atoms in total. The molecule has 0 aliphatic carbocycles. The summed E-state index contributed by atoms with van der Waals surface area (Å²) in [7, 11) is -1.33. The molecule has 0 N–H and O–H groups in total. The van der Waals surface area contributed by atoms with Gasteiger partial charge in [0.15, 0.2) is 9.84 Å². The number of nitrogens with zero attached hydrogens (tertiary/aromatic N) is 1. The third-order valence-electron chi connectivity index (χ3n) is 2.26. The zero-order valence-corrected chi connectivity index (χ0v) is 8.94. The predicted molar refractivity (Wildman–Crippen MR) is 50.5 cm³/mol. The molecule has 6 heteroatoms. The molecule has 1 fully saturated rings. The van der Waals surface area contributed by atoms with Gasteiger partial charge in [0.2, 0.25) is 5.91 Å². The lowest BCUT2D eigenvalue weighted by atomic mass is 10.2. The van der Waals surface area contributed by atoms with Crippen LogP contribution in [0.1, 0.15) is 6.42 Å². The van der Waals surface area contributed by atoms with Crippen LogP contribution in [0, 0.1) is 0 Å². The maximum atomic E-state index is 11.1. The summed E-state index contributed by atoms with van der Waals surface area (Å²) in [5, 5.41) is 0. The average Bonchev–Trinajstić information content (AvgIpc) is 2.43. The molecule has 0 aromatic carbocycles. The molecule has 1 rings (SSSR count). The van der Waals surface area contributed by atoms with Gasteiger partial charge in [-0.2, -0.15) is 0 Å². The van der Waals surface area contributed by atoms with Crippen LogP contribution in [-0.4, -0.2) is 49.7 Å². The molecule has 13 heavy (non-hydrogen) atoms. The number of sulfone groups is 1. The fraction of sp³-hybridized carbons (Fsp3) is 0.857. The highest BCUT2D eigenvalue weighted by atomic mass is 35.5. The van der Waals surface area contributed by atoms with Crippen molar-refractivity contribution < 1.29 is 13.2 Å². The van der Waals surface area contributed by atoms with Gasteiger partial charge in [0.1, 0.15) is 5.88 Å². The van der Waals surface area contributed by atoms with Crippen LogP contribution in [0.5, 0.6) is 0 Å². The van der Waals surface area contributed by atoms with Crippen molar-refractivity contribution in [3.8, 4) is 0 Å². The summed E-state index contributed by atoms with van der Waals surface area (Å²) in [6, 6.07) is -0.184. The first-order valence-electron chi connectivity index (χ1n) is 3.98. The van der Waals surface area contributed by atoms with Crippen molar-refractivity contribution in [2.45, 2.75) is 12.5 Å². The van der Waals surface area contributed by atoms with Crippen molar-refractivity contribution in [2.24, 2.45) is 0 Å². The average molecular weight is 226 g/mol. The number of hydrogen-bond acceptors (Lipinski definition) is 3. The second-order valence-corrected chi connectivity index (χ2v) is 5.69. The Hall–Kier alpha value is -0.290. The summed E-state index contributed by atoms with van der Waals surface area (Å²) in [4.78, 5) is 12.5. The summed E-state index contributed by atoms with van der Waals surface area (Å²) in [5.74, 6) is -0.0553. The maximum Gasteiger partial charge on any atom is 0.237 e. The van der Waals surface area contributed by atoms with Crippen molar-refractivity contribution in [2.75, 3.05) is 24.4 Å². The van der Waals surface area contributed by atoms with E-state index in [1.807, 2.05) is 0 Å². The van der Waals surface area contributed by atoms with E-state index in [0.717, 1.165) is 0 Å². The Morgan fingerprint density at radius 1 is 1.62 bits per heavy atom. The van der Waals surface area contributed by atoms with Gasteiger partial charge in [-0.1, -0.05) is 0 Å². The predicted octanol–water partition coefficient (Wildman–Crippen LogP) is -0.129. The van der Waals surface area contributed by atoms with E-state index in [1.54, 1.807) is 7.05 Å². The zero-order valence-electron chi connectivity index (χ0n) is 7.36. The maximum absolute atomic E-state index is 11.1. The quantitative estimate of drug-likeness (QED) is 0.616. The third-order valence-corrected chi connectivity index (χ3v) is 4.24. The minimum atomic E-state index is -2.92. The van der Waals surface area contributed by atoms with E-state index >= 15 is 0 Å². The first kappa shape index (κ1) is 10.8. The minimum absolute atomic E-state index is 0.0755. The summed E-state index contributed by atoms with van der Waals surface area (Å²) in [6.07, 6.45) is 0.529. The Kier molecular flexibility index (Phi) is 3.18. The molecule has 0 radical (unpaired) electrons. The van der Waals surface area contributed by atoms with Crippen molar-refractivity contribution >= 4 is 27.3 Å². The molecule has 0 unspecified atom stereocenters. The summed E-state index contributed by atoms with van der Waals surface area (Å²) < 4.78 is 22.2. The number of carbonyl (C=O) groups excluding carboxylic acids is 1. The molecular formula is C7H12ClNO3S. The Bertz CT molecular complexity index is 301. The van der Waals surface area contributed by atoms with E-state index in [9.17, 15) is 13.2 Å². The van der Waals surface area contributed by atoms with Crippen molar-refractivity contribution in [1.29, 1.82) is 0 Å². The Morgan fingerprint density at radius 2 is 2.23 bits per heavy atom. The number of hydrogen-bond donors (Lipinski definition) is 0. The smallest absolute Gasteiger partial charge is 0.237 e. The molecule has 0 aromatic heterocycles. The Labute approximate surface area is 82.8 Å². The van der Waals surface area contributed by atoms with E-state index < -0.39 is 9.84 Å². The van der Waals surface area contributed by atoms with Crippen molar-refractivity contribution in [3.63, 3.8) is 0 Å². The van der Waals surface area contributed by atoms with Crippen molar-refractivity contribution in [3.05, 3.63) is 0 Å². The standard InChI is InChI=1S/C7H12ClNO3S/c1-9(7(10)4-8)6-2-3-13(11,12)5-6/h6H,2-5H2,1H3/t6-/m1/s1. The monoisotopic (exact) mass is 225 g/mol. The topological polar surface area (TPSA) is 54.5 Å². The second kappa shape index (κ2) is 3.84. The molecule has 0 saturated carbocycles. The molecule has 1 heterocycles. The zero-order chi connectivity index (χ0) is 10.1. The fourth-order valence-electron chi connectivity index (χ4n) is 1.38. The lowest BCUT2D eigenvalue weighted by molar-refractivity contribution is -0.128. The molecule has 1 atom stereocenters. The van der Waals surface area contributed by atoms with Crippen LogP contribution in [0.2, 0.25) is 0 Å². The fourth-order valence-corrected chi connectivity index (χ4v) is 3.34. The van der Waals surface area contributed by atoms with Gasteiger partial charge in [-0.25, -0.2) is 8.42 Å². The van der Waals surface area contributed by atoms with Crippen LogP contribution in [0.15, 0.2) is 0 Å². The Balaban J connectivity index is 2.61. The van der Waals surface area contributed by atoms with Crippen LogP contribution in [-0.2, 0) is 14.6 Å². The lowest BCUT2D eigenvalue weighted by Crippen LogP contribution is -2.38. The highest BCUT2D eigenvalue weighted by Crippen LogP contribution is 2.16. The first-order chi connectivity index (χ1) is 5.96. The SMILES string of the molecule is CN(C(=O)CCl)[C@@H]1CCS(=O)(=O)C1. The van der Waals surface area contributed by atoms with E-state index in [2.05, 4.69) is 0 Å². The van der Waals surface area contributed by atoms with Gasteiger partial charge in [0, 0.05) is 13.1 Å². The van der Waals surface area contributed by atoms with E-state index in [0.29, 0.717) is 6.42 Å². The van der Waals surface area contributed by atoms with Crippen LogP contribution < -0.4 is 0 Å². The third kappa shape index (κ3) is 2.57. The van der Waals surface area contributed by atoms with Crippen LogP contribution in [0.25, 0.3) is 0 Å². The summed E-state index contributed by atoms with van der Waals surface area (Å²) >= 11 is 5.36. The molecule has 0 bridgehead atoms. The lowest BCUT2D eigenvalue weighted by Gasteiger charge is -2.22. The molecule has 1 aliphatic heterocycles. The molecule has 1 amide bonds. The van der Waals surface area contributed by atoms with E-state index in [4.69, 9.17) is 11.6 Å². The second-order valence-electron chi connectivity index (χ2n) is 3.20. The highest BCUT2D eigenvalue weighted by molar-refractivity contribution is 7.91. The summed E-state index contributed by atoms with van der Waals surface area (Å²) in [6.45, 7) is 0.